The van der Waals surface area contributed by atoms with E-state index in [9.17, 15) is 5.11 Å². The Labute approximate surface area is 124 Å². The SMILES string of the molecule is CCNCc1cc2ccccc2n1Cc1cccc(O)c1. The molecule has 1 heterocycles. The molecule has 3 nitrogen and oxygen atoms in total. The molecule has 3 heteroatoms. The van der Waals surface area contributed by atoms with Crippen molar-refractivity contribution < 1.29 is 5.11 Å². The molecule has 0 bridgehead atoms. The predicted molar refractivity (Wildman–Crippen MR) is 86.5 cm³/mol. The van der Waals surface area contributed by atoms with Gasteiger partial charge in [-0.15, -0.1) is 0 Å². The monoisotopic (exact) mass is 280 g/mol. The van der Waals surface area contributed by atoms with Gasteiger partial charge in [0.1, 0.15) is 5.75 Å². The van der Waals surface area contributed by atoms with Crippen molar-refractivity contribution in [2.24, 2.45) is 0 Å². The molecule has 0 aliphatic heterocycles. The van der Waals surface area contributed by atoms with Crippen LogP contribution in [0.4, 0.5) is 0 Å². The summed E-state index contributed by atoms with van der Waals surface area (Å²) in [6.07, 6.45) is 0. The second-order valence-corrected chi connectivity index (χ2v) is 5.23. The zero-order valence-corrected chi connectivity index (χ0v) is 12.2. The summed E-state index contributed by atoms with van der Waals surface area (Å²) in [5, 5.41) is 14.3. The Balaban J connectivity index is 2.02. The summed E-state index contributed by atoms with van der Waals surface area (Å²) >= 11 is 0. The van der Waals surface area contributed by atoms with Crippen molar-refractivity contribution in [3.8, 4) is 5.75 Å². The van der Waals surface area contributed by atoms with Gasteiger partial charge < -0.3 is 15.0 Å². The number of aromatic nitrogens is 1. The molecule has 108 valence electrons. The summed E-state index contributed by atoms with van der Waals surface area (Å²) in [5.74, 6) is 0.317. The van der Waals surface area contributed by atoms with E-state index in [1.165, 1.54) is 16.6 Å². The molecule has 0 radical (unpaired) electrons. The van der Waals surface area contributed by atoms with Gasteiger partial charge in [0.25, 0.3) is 0 Å². The molecule has 0 amide bonds. The standard InChI is InChI=1S/C18H20N2O/c1-2-19-12-16-11-15-7-3-4-9-18(15)20(16)13-14-6-5-8-17(21)10-14/h3-11,19,21H,2,12-13H2,1H3. The van der Waals surface area contributed by atoms with Crippen LogP contribution < -0.4 is 5.32 Å². The first kappa shape index (κ1) is 13.7. The third kappa shape index (κ3) is 2.93. The summed E-state index contributed by atoms with van der Waals surface area (Å²) in [6.45, 7) is 4.68. The Hall–Kier alpha value is -2.26. The Kier molecular flexibility index (Phi) is 3.93. The minimum absolute atomic E-state index is 0.317. The summed E-state index contributed by atoms with van der Waals surface area (Å²) in [7, 11) is 0. The largest absolute Gasteiger partial charge is 0.508 e. The van der Waals surface area contributed by atoms with Crippen LogP contribution in [0.3, 0.4) is 0 Å². The number of phenolic OH excluding ortho intramolecular Hbond substituents is 1. The van der Waals surface area contributed by atoms with Gasteiger partial charge in [0.15, 0.2) is 0 Å². The molecule has 21 heavy (non-hydrogen) atoms. The van der Waals surface area contributed by atoms with E-state index < -0.39 is 0 Å². The fourth-order valence-corrected chi connectivity index (χ4v) is 2.69. The van der Waals surface area contributed by atoms with Crippen LogP contribution >= 0.6 is 0 Å². The van der Waals surface area contributed by atoms with Crippen LogP contribution in [0.2, 0.25) is 0 Å². The normalized spacial score (nSPS) is 11.1. The predicted octanol–water partition coefficient (Wildman–Crippen LogP) is 3.50. The van der Waals surface area contributed by atoms with E-state index >= 15 is 0 Å². The van der Waals surface area contributed by atoms with Gasteiger partial charge in [0.05, 0.1) is 0 Å². The number of para-hydroxylation sites is 1. The first-order chi connectivity index (χ1) is 10.3. The van der Waals surface area contributed by atoms with Gasteiger partial charge in [-0.25, -0.2) is 0 Å². The minimum Gasteiger partial charge on any atom is -0.508 e. The fourth-order valence-electron chi connectivity index (χ4n) is 2.69. The molecule has 2 N–H and O–H groups in total. The van der Waals surface area contributed by atoms with E-state index in [0.717, 1.165) is 25.2 Å². The lowest BCUT2D eigenvalue weighted by Gasteiger charge is -2.11. The van der Waals surface area contributed by atoms with E-state index in [1.54, 1.807) is 6.07 Å². The zero-order chi connectivity index (χ0) is 14.7. The summed E-state index contributed by atoms with van der Waals surface area (Å²) in [6, 6.07) is 18.1. The Morgan fingerprint density at radius 1 is 1.05 bits per heavy atom. The van der Waals surface area contributed by atoms with Gasteiger partial charge in [-0.2, -0.15) is 0 Å². The maximum Gasteiger partial charge on any atom is 0.115 e. The van der Waals surface area contributed by atoms with Crippen molar-refractivity contribution in [2.75, 3.05) is 6.54 Å². The number of hydrogen-bond acceptors (Lipinski definition) is 2. The second kappa shape index (κ2) is 6.02. The highest BCUT2D eigenvalue weighted by Crippen LogP contribution is 2.22. The molecule has 0 atom stereocenters. The molecule has 1 aromatic heterocycles. The highest BCUT2D eigenvalue weighted by molar-refractivity contribution is 5.81. The number of fused-ring (bicyclic) bond motifs is 1. The molecule has 0 saturated heterocycles. The Morgan fingerprint density at radius 3 is 2.71 bits per heavy atom. The number of aromatic hydroxyl groups is 1. The summed E-state index contributed by atoms with van der Waals surface area (Å²) in [4.78, 5) is 0. The topological polar surface area (TPSA) is 37.2 Å². The first-order valence-electron chi connectivity index (χ1n) is 7.33. The maximum absolute atomic E-state index is 9.64. The van der Waals surface area contributed by atoms with E-state index in [4.69, 9.17) is 0 Å². The summed E-state index contributed by atoms with van der Waals surface area (Å²) < 4.78 is 2.31. The number of nitrogens with one attached hydrogen (secondary N) is 1. The Morgan fingerprint density at radius 2 is 1.90 bits per heavy atom. The number of benzene rings is 2. The van der Waals surface area contributed by atoms with Crippen LogP contribution in [-0.4, -0.2) is 16.2 Å². The third-order valence-corrected chi connectivity index (χ3v) is 3.70. The van der Waals surface area contributed by atoms with E-state index in [0.29, 0.717) is 5.75 Å². The maximum atomic E-state index is 9.64. The van der Waals surface area contributed by atoms with Gasteiger partial charge in [-0.1, -0.05) is 37.3 Å². The van der Waals surface area contributed by atoms with Gasteiger partial charge in [-0.3, -0.25) is 0 Å². The highest BCUT2D eigenvalue weighted by Gasteiger charge is 2.08. The lowest BCUT2D eigenvalue weighted by molar-refractivity contribution is 0.474. The summed E-state index contributed by atoms with van der Waals surface area (Å²) in [5.41, 5.74) is 3.60. The number of hydrogen-bond donors (Lipinski definition) is 2. The van der Waals surface area contributed by atoms with E-state index in [1.807, 2.05) is 18.2 Å². The molecule has 0 aliphatic carbocycles. The third-order valence-electron chi connectivity index (χ3n) is 3.70. The molecule has 0 unspecified atom stereocenters. The first-order valence-corrected chi connectivity index (χ1v) is 7.33. The van der Waals surface area contributed by atoms with Crippen LogP contribution in [0.5, 0.6) is 5.75 Å². The van der Waals surface area contributed by atoms with E-state index in [2.05, 4.69) is 47.1 Å². The molecule has 0 aliphatic rings. The molecular weight excluding hydrogens is 260 g/mol. The molecule has 0 spiro atoms. The van der Waals surface area contributed by atoms with Crippen LogP contribution in [0.15, 0.2) is 54.6 Å². The molecule has 0 fully saturated rings. The average molecular weight is 280 g/mol. The molecule has 3 rings (SSSR count). The zero-order valence-electron chi connectivity index (χ0n) is 12.2. The van der Waals surface area contributed by atoms with E-state index in [-0.39, 0.29) is 0 Å². The smallest absolute Gasteiger partial charge is 0.115 e. The molecular formula is C18H20N2O. The van der Waals surface area contributed by atoms with Gasteiger partial charge >= 0.3 is 0 Å². The van der Waals surface area contributed by atoms with Crippen molar-refractivity contribution in [3.63, 3.8) is 0 Å². The lowest BCUT2D eigenvalue weighted by atomic mass is 10.2. The molecule has 0 saturated carbocycles. The number of nitrogens with zero attached hydrogens (tertiary/aromatic N) is 1. The molecule has 2 aromatic carbocycles. The Bertz CT molecular complexity index is 746. The minimum atomic E-state index is 0.317. The quantitative estimate of drug-likeness (QED) is 0.750. The van der Waals surface area contributed by atoms with Crippen molar-refractivity contribution in [3.05, 3.63) is 65.9 Å². The van der Waals surface area contributed by atoms with Crippen LogP contribution in [-0.2, 0) is 13.1 Å². The lowest BCUT2D eigenvalue weighted by Crippen LogP contribution is -2.15. The average Bonchev–Trinajstić information content (AvgIpc) is 2.83. The van der Waals surface area contributed by atoms with Gasteiger partial charge in [0, 0.05) is 24.3 Å². The molecule has 3 aromatic rings. The number of phenols is 1. The van der Waals surface area contributed by atoms with Crippen LogP contribution in [0, 0.1) is 0 Å². The van der Waals surface area contributed by atoms with Gasteiger partial charge in [0.2, 0.25) is 0 Å². The van der Waals surface area contributed by atoms with Crippen LogP contribution in [0.1, 0.15) is 18.2 Å². The van der Waals surface area contributed by atoms with Crippen LogP contribution in [0.25, 0.3) is 10.9 Å². The highest BCUT2D eigenvalue weighted by atomic mass is 16.3. The second-order valence-electron chi connectivity index (χ2n) is 5.23. The number of rotatable bonds is 5. The fraction of sp³-hybridized carbons (Fsp3) is 0.222. The van der Waals surface area contributed by atoms with Crippen molar-refractivity contribution in [2.45, 2.75) is 20.0 Å². The van der Waals surface area contributed by atoms with Gasteiger partial charge in [-0.05, 0) is 41.8 Å². The van der Waals surface area contributed by atoms with Crippen molar-refractivity contribution in [1.82, 2.24) is 9.88 Å². The van der Waals surface area contributed by atoms with Crippen molar-refractivity contribution in [1.29, 1.82) is 0 Å². The van der Waals surface area contributed by atoms with Crippen molar-refractivity contribution >= 4 is 10.9 Å².